The van der Waals surface area contributed by atoms with Crippen molar-refractivity contribution in [3.05, 3.63) is 54.1 Å². The summed E-state index contributed by atoms with van der Waals surface area (Å²) in [6.07, 6.45) is 0.0296. The lowest BCUT2D eigenvalue weighted by molar-refractivity contribution is -0.126. The van der Waals surface area contributed by atoms with Crippen LogP contribution in [0.25, 0.3) is 0 Å². The van der Waals surface area contributed by atoms with Crippen molar-refractivity contribution in [1.29, 1.82) is 5.26 Å². The van der Waals surface area contributed by atoms with E-state index in [9.17, 15) is 9.59 Å². The maximum absolute atomic E-state index is 13.0. The van der Waals surface area contributed by atoms with Gasteiger partial charge in [-0.25, -0.2) is 4.79 Å². The van der Waals surface area contributed by atoms with Crippen molar-refractivity contribution in [2.24, 2.45) is 5.92 Å². The van der Waals surface area contributed by atoms with E-state index in [0.717, 1.165) is 6.42 Å². The van der Waals surface area contributed by atoms with Crippen LogP contribution in [0.1, 0.15) is 44.0 Å². The molecular weight excluding hydrogens is 408 g/mol. The monoisotopic (exact) mass is 438 g/mol. The Kier molecular flexibility index (Phi) is 9.55. The standard InChI is InChI=1S/C25H30N2O5/c1-18(2)13-16-31-22-12-11-20(17-23(22)30-4)25(29)32-19(3)24(28)27(15-8-14-26)21-9-6-5-7-10-21/h5-7,9-12,17-19H,8,13,15-16H2,1-4H3. The Morgan fingerprint density at radius 1 is 1.06 bits per heavy atom. The molecule has 2 aromatic carbocycles. The predicted molar refractivity (Wildman–Crippen MR) is 122 cm³/mol. The molecular formula is C25H30N2O5. The van der Waals surface area contributed by atoms with Crippen LogP contribution in [0.2, 0.25) is 0 Å². The topological polar surface area (TPSA) is 88.9 Å². The SMILES string of the molecule is COc1cc(C(=O)OC(C)C(=O)N(CCC#N)c2ccccc2)ccc1OCCC(C)C. The molecule has 0 N–H and O–H groups in total. The number of rotatable bonds is 11. The van der Waals surface area contributed by atoms with E-state index in [4.69, 9.17) is 19.5 Å². The molecule has 0 aliphatic carbocycles. The van der Waals surface area contributed by atoms with Crippen LogP contribution in [0.5, 0.6) is 11.5 Å². The molecule has 0 heterocycles. The average Bonchev–Trinajstić information content (AvgIpc) is 2.79. The summed E-state index contributed by atoms with van der Waals surface area (Å²) in [4.78, 5) is 27.1. The summed E-state index contributed by atoms with van der Waals surface area (Å²) in [6.45, 7) is 6.49. The van der Waals surface area contributed by atoms with Crippen molar-refractivity contribution in [2.75, 3.05) is 25.2 Å². The third kappa shape index (κ3) is 7.02. The zero-order valence-corrected chi connectivity index (χ0v) is 19.0. The fourth-order valence-corrected chi connectivity index (χ4v) is 2.95. The Balaban J connectivity index is 2.09. The summed E-state index contributed by atoms with van der Waals surface area (Å²) in [6, 6.07) is 15.8. The van der Waals surface area contributed by atoms with Gasteiger partial charge in [-0.3, -0.25) is 4.79 Å². The van der Waals surface area contributed by atoms with Crippen LogP contribution in [-0.2, 0) is 9.53 Å². The Hall–Kier alpha value is -3.53. The van der Waals surface area contributed by atoms with Crippen molar-refractivity contribution in [1.82, 2.24) is 0 Å². The van der Waals surface area contributed by atoms with E-state index in [1.54, 1.807) is 36.4 Å². The summed E-state index contributed by atoms with van der Waals surface area (Å²) >= 11 is 0. The van der Waals surface area contributed by atoms with Crippen molar-refractivity contribution in [2.45, 2.75) is 39.7 Å². The molecule has 170 valence electrons. The lowest BCUT2D eigenvalue weighted by atomic mass is 10.1. The molecule has 1 unspecified atom stereocenters. The van der Waals surface area contributed by atoms with E-state index >= 15 is 0 Å². The van der Waals surface area contributed by atoms with E-state index in [0.29, 0.717) is 29.7 Å². The minimum absolute atomic E-state index is 0.163. The van der Waals surface area contributed by atoms with Gasteiger partial charge in [-0.15, -0.1) is 0 Å². The van der Waals surface area contributed by atoms with Crippen LogP contribution in [0.15, 0.2) is 48.5 Å². The van der Waals surface area contributed by atoms with Gasteiger partial charge in [-0.1, -0.05) is 32.0 Å². The molecule has 0 saturated heterocycles. The second-order valence-corrected chi connectivity index (χ2v) is 7.68. The number of hydrogen-bond acceptors (Lipinski definition) is 6. The summed E-state index contributed by atoms with van der Waals surface area (Å²) in [7, 11) is 1.50. The molecule has 2 rings (SSSR count). The number of para-hydroxylation sites is 1. The Morgan fingerprint density at radius 2 is 1.78 bits per heavy atom. The number of amides is 1. The number of methoxy groups -OCH3 is 1. The fraction of sp³-hybridized carbons (Fsp3) is 0.400. The van der Waals surface area contributed by atoms with Gasteiger partial charge in [-0.05, 0) is 49.6 Å². The molecule has 0 bridgehead atoms. The summed E-state index contributed by atoms with van der Waals surface area (Å²) in [5.41, 5.74) is 0.890. The first-order valence-electron chi connectivity index (χ1n) is 10.6. The second kappa shape index (κ2) is 12.4. The van der Waals surface area contributed by atoms with Crippen molar-refractivity contribution < 1.29 is 23.8 Å². The number of benzene rings is 2. The molecule has 2 aromatic rings. The molecule has 7 nitrogen and oxygen atoms in total. The lowest BCUT2D eigenvalue weighted by Gasteiger charge is -2.25. The van der Waals surface area contributed by atoms with Gasteiger partial charge in [0, 0.05) is 12.2 Å². The van der Waals surface area contributed by atoms with Crippen LogP contribution >= 0.6 is 0 Å². The van der Waals surface area contributed by atoms with E-state index < -0.39 is 18.0 Å². The maximum atomic E-state index is 13.0. The highest BCUT2D eigenvalue weighted by molar-refractivity contribution is 5.99. The average molecular weight is 439 g/mol. The van der Waals surface area contributed by atoms with Gasteiger partial charge in [0.15, 0.2) is 17.6 Å². The summed E-state index contributed by atoms with van der Waals surface area (Å²) < 4.78 is 16.5. The molecule has 0 aromatic heterocycles. The fourth-order valence-electron chi connectivity index (χ4n) is 2.95. The number of carbonyl (C=O) groups is 2. The lowest BCUT2D eigenvalue weighted by Crippen LogP contribution is -2.40. The number of esters is 1. The number of anilines is 1. The number of ether oxygens (including phenoxy) is 3. The highest BCUT2D eigenvalue weighted by Crippen LogP contribution is 2.29. The summed E-state index contributed by atoms with van der Waals surface area (Å²) in [5, 5.41) is 8.93. The first kappa shape index (κ1) is 24.7. The highest BCUT2D eigenvalue weighted by atomic mass is 16.5. The van der Waals surface area contributed by atoms with Crippen molar-refractivity contribution in [3.8, 4) is 17.6 Å². The molecule has 0 aliphatic heterocycles. The normalized spacial score (nSPS) is 11.4. The Morgan fingerprint density at radius 3 is 2.41 bits per heavy atom. The van der Waals surface area contributed by atoms with Crippen molar-refractivity contribution >= 4 is 17.6 Å². The molecule has 1 atom stereocenters. The van der Waals surface area contributed by atoms with Crippen molar-refractivity contribution in [3.63, 3.8) is 0 Å². The molecule has 0 spiro atoms. The van der Waals surface area contributed by atoms with Gasteiger partial charge in [-0.2, -0.15) is 5.26 Å². The number of carbonyl (C=O) groups excluding carboxylic acids is 2. The second-order valence-electron chi connectivity index (χ2n) is 7.68. The molecule has 32 heavy (non-hydrogen) atoms. The van der Waals surface area contributed by atoms with Crippen LogP contribution < -0.4 is 14.4 Å². The minimum Gasteiger partial charge on any atom is -0.493 e. The van der Waals surface area contributed by atoms with Gasteiger partial charge in [0.05, 0.1) is 31.8 Å². The highest BCUT2D eigenvalue weighted by Gasteiger charge is 2.26. The molecule has 0 aliphatic rings. The smallest absolute Gasteiger partial charge is 0.339 e. The van der Waals surface area contributed by atoms with Gasteiger partial charge < -0.3 is 19.1 Å². The third-order valence-corrected chi connectivity index (χ3v) is 4.76. The zero-order valence-electron chi connectivity index (χ0n) is 19.0. The Bertz CT molecular complexity index is 937. The minimum atomic E-state index is -1.03. The van der Waals surface area contributed by atoms with Gasteiger partial charge in [0.2, 0.25) is 0 Å². The van der Waals surface area contributed by atoms with Gasteiger partial charge in [0.1, 0.15) is 0 Å². The van der Waals surface area contributed by atoms with Crippen LogP contribution in [-0.4, -0.2) is 38.2 Å². The Labute approximate surface area is 189 Å². The van der Waals surface area contributed by atoms with E-state index in [1.807, 2.05) is 12.1 Å². The molecule has 1 amide bonds. The first-order valence-corrected chi connectivity index (χ1v) is 10.6. The van der Waals surface area contributed by atoms with Crippen LogP contribution in [0.4, 0.5) is 5.69 Å². The van der Waals surface area contributed by atoms with Gasteiger partial charge >= 0.3 is 5.97 Å². The van der Waals surface area contributed by atoms with E-state index in [1.165, 1.54) is 25.0 Å². The third-order valence-electron chi connectivity index (χ3n) is 4.76. The molecule has 0 fully saturated rings. The summed E-state index contributed by atoms with van der Waals surface area (Å²) in [5.74, 6) is 0.423. The molecule has 0 radical (unpaired) electrons. The number of nitriles is 1. The quantitative estimate of drug-likeness (QED) is 0.476. The molecule has 7 heteroatoms. The van der Waals surface area contributed by atoms with Gasteiger partial charge in [0.25, 0.3) is 5.91 Å². The zero-order chi connectivity index (χ0) is 23.5. The largest absolute Gasteiger partial charge is 0.493 e. The van der Waals surface area contributed by atoms with Crippen LogP contribution in [0.3, 0.4) is 0 Å². The van der Waals surface area contributed by atoms with E-state index in [2.05, 4.69) is 13.8 Å². The van der Waals surface area contributed by atoms with E-state index in [-0.39, 0.29) is 18.5 Å². The molecule has 0 saturated carbocycles. The number of nitrogens with zero attached hydrogens (tertiary/aromatic N) is 2. The predicted octanol–water partition coefficient (Wildman–Crippen LogP) is 4.61. The maximum Gasteiger partial charge on any atom is 0.339 e. The van der Waals surface area contributed by atoms with Crippen LogP contribution in [0, 0.1) is 17.2 Å². The first-order chi connectivity index (χ1) is 15.4. The number of hydrogen-bond donors (Lipinski definition) is 0.